The number of rotatable bonds is 2. The number of nitrogens with zero attached hydrogens (tertiary/aromatic N) is 4. The minimum atomic E-state index is -1.36. The molecule has 10 heteroatoms. The van der Waals surface area contributed by atoms with E-state index in [0.717, 1.165) is 5.82 Å². The zero-order valence-electron chi connectivity index (χ0n) is 13.1. The third kappa shape index (κ3) is 2.52. The Morgan fingerprint density at radius 3 is 2.88 bits per heavy atom. The molecule has 0 unspecified atom stereocenters. The molecule has 1 aromatic heterocycles. The van der Waals surface area contributed by atoms with Gasteiger partial charge in [0.05, 0.1) is 29.5 Å². The number of β-lactam (4-membered cyclic amide) rings is 1. The Hall–Kier alpha value is -1.55. The summed E-state index contributed by atoms with van der Waals surface area (Å²) in [6.45, 7) is 0.660. The Labute approximate surface area is 163 Å². The summed E-state index contributed by atoms with van der Waals surface area (Å²) in [6, 6.07) is 0. The predicted octanol–water partition coefficient (Wildman–Crippen LogP) is -4.25. The van der Waals surface area contributed by atoms with E-state index in [4.69, 9.17) is 0 Å². The number of hydrogen-bond acceptors (Lipinski definition) is 6. The largest absolute Gasteiger partial charge is 1.00 e. The summed E-state index contributed by atoms with van der Waals surface area (Å²) in [5, 5.41) is 12.0. The molecule has 0 saturated carbocycles. The van der Waals surface area contributed by atoms with Gasteiger partial charge in [0.1, 0.15) is 17.7 Å². The minimum Gasteiger partial charge on any atom is -0.543 e. The summed E-state index contributed by atoms with van der Waals surface area (Å²) < 4.78 is 1.77. The standard InChI is InChI=1S/C14H12N4O4S.Na/c1-16-4-10-15-7(3-17(10)5-11(16)19)2-8-12(20)18-9(14(21)22)6-23-13(8)18;/h2-3,6,13H,4-5H2,1H3,(H,21,22);/q;+1/p-1/b8-2-;/t13-;/m1./s1. The normalized spacial score (nSPS) is 23.5. The van der Waals surface area contributed by atoms with Crippen LogP contribution in [0, 0.1) is 0 Å². The maximum absolute atomic E-state index is 12.1. The zero-order valence-corrected chi connectivity index (χ0v) is 15.9. The Morgan fingerprint density at radius 1 is 1.42 bits per heavy atom. The van der Waals surface area contributed by atoms with Crippen LogP contribution in [0.25, 0.3) is 6.08 Å². The number of imidazole rings is 1. The maximum atomic E-state index is 12.1. The second-order valence-corrected chi connectivity index (χ2v) is 6.47. The number of fused-ring (bicyclic) bond motifs is 2. The van der Waals surface area contributed by atoms with Gasteiger partial charge >= 0.3 is 29.6 Å². The summed E-state index contributed by atoms with van der Waals surface area (Å²) in [5.41, 5.74) is 0.990. The van der Waals surface area contributed by atoms with Crippen LogP contribution in [0.15, 0.2) is 22.9 Å². The second-order valence-electron chi connectivity index (χ2n) is 5.51. The van der Waals surface area contributed by atoms with Crippen LogP contribution in [0.1, 0.15) is 11.5 Å². The van der Waals surface area contributed by atoms with Crippen molar-refractivity contribution in [2.75, 3.05) is 7.05 Å². The fourth-order valence-corrected chi connectivity index (χ4v) is 3.91. The molecule has 0 aliphatic carbocycles. The smallest absolute Gasteiger partial charge is 0.543 e. The van der Waals surface area contributed by atoms with Crippen LogP contribution in [-0.2, 0) is 27.5 Å². The number of carboxylic acid groups (broad SMARTS) is 1. The quantitative estimate of drug-likeness (QED) is 0.303. The van der Waals surface area contributed by atoms with Crippen molar-refractivity contribution in [1.82, 2.24) is 19.4 Å². The molecule has 4 heterocycles. The van der Waals surface area contributed by atoms with Gasteiger partial charge in [-0.2, -0.15) is 0 Å². The van der Waals surface area contributed by atoms with Gasteiger partial charge in [-0.05, 0) is 11.5 Å². The van der Waals surface area contributed by atoms with Crippen molar-refractivity contribution in [1.29, 1.82) is 0 Å². The number of likely N-dealkylation sites (N-methyl/N-ethyl adjacent to an activating group) is 1. The number of hydrogen-bond donors (Lipinski definition) is 0. The number of amides is 2. The molecule has 2 amide bonds. The van der Waals surface area contributed by atoms with E-state index in [1.807, 2.05) is 0 Å². The van der Waals surface area contributed by atoms with Crippen molar-refractivity contribution in [2.45, 2.75) is 18.5 Å². The van der Waals surface area contributed by atoms with E-state index >= 15 is 0 Å². The molecular weight excluding hydrogens is 343 g/mol. The first-order valence-corrected chi connectivity index (χ1v) is 7.82. The molecule has 0 radical (unpaired) electrons. The van der Waals surface area contributed by atoms with Crippen molar-refractivity contribution in [2.24, 2.45) is 0 Å². The number of aromatic nitrogens is 2. The van der Waals surface area contributed by atoms with Crippen LogP contribution < -0.4 is 34.7 Å². The van der Waals surface area contributed by atoms with E-state index < -0.39 is 5.97 Å². The number of aliphatic carboxylic acids is 1. The molecule has 0 bridgehead atoms. The van der Waals surface area contributed by atoms with Crippen LogP contribution in [-0.4, -0.2) is 49.6 Å². The minimum absolute atomic E-state index is 0. The summed E-state index contributed by atoms with van der Waals surface area (Å²) in [7, 11) is 1.72. The molecule has 118 valence electrons. The van der Waals surface area contributed by atoms with E-state index in [2.05, 4.69) is 4.98 Å². The van der Waals surface area contributed by atoms with E-state index in [9.17, 15) is 19.5 Å². The Kier molecular flexibility index (Phi) is 4.37. The van der Waals surface area contributed by atoms with Gasteiger partial charge in [-0.3, -0.25) is 14.5 Å². The summed E-state index contributed by atoms with van der Waals surface area (Å²) >= 11 is 1.25. The van der Waals surface area contributed by atoms with Gasteiger partial charge < -0.3 is 19.4 Å². The van der Waals surface area contributed by atoms with E-state index in [1.165, 1.54) is 22.1 Å². The predicted molar refractivity (Wildman–Crippen MR) is 78.0 cm³/mol. The van der Waals surface area contributed by atoms with Gasteiger partial charge in [-0.15, -0.1) is 11.8 Å². The molecule has 1 aromatic rings. The van der Waals surface area contributed by atoms with Gasteiger partial charge in [0.2, 0.25) is 5.91 Å². The number of thioether (sulfide) groups is 1. The number of carbonyl (C=O) groups excluding carboxylic acids is 3. The van der Waals surface area contributed by atoms with Crippen LogP contribution >= 0.6 is 11.8 Å². The molecule has 1 fully saturated rings. The number of carbonyl (C=O) groups is 3. The fraction of sp³-hybridized carbons (Fsp3) is 0.286. The van der Waals surface area contributed by atoms with Crippen molar-refractivity contribution in [3.8, 4) is 0 Å². The summed E-state index contributed by atoms with van der Waals surface area (Å²) in [6.07, 6.45) is 3.38. The summed E-state index contributed by atoms with van der Waals surface area (Å²) in [5.74, 6) is -0.939. The van der Waals surface area contributed by atoms with Crippen molar-refractivity contribution in [3.05, 3.63) is 34.4 Å². The molecule has 3 aliphatic rings. The van der Waals surface area contributed by atoms with Crippen molar-refractivity contribution >= 4 is 35.6 Å². The third-order valence-corrected chi connectivity index (χ3v) is 5.12. The van der Waals surface area contributed by atoms with Crippen molar-refractivity contribution < 1.29 is 49.0 Å². The van der Waals surface area contributed by atoms with Gasteiger partial charge in [-0.25, -0.2) is 4.98 Å². The van der Waals surface area contributed by atoms with Crippen LogP contribution in [0.2, 0.25) is 0 Å². The van der Waals surface area contributed by atoms with Gasteiger partial charge in [0.15, 0.2) is 0 Å². The fourth-order valence-electron chi connectivity index (χ4n) is 2.79. The van der Waals surface area contributed by atoms with Crippen molar-refractivity contribution in [3.63, 3.8) is 0 Å². The number of carboxylic acids is 1. The molecule has 1 saturated heterocycles. The molecule has 1 atom stereocenters. The molecule has 24 heavy (non-hydrogen) atoms. The first kappa shape index (κ1) is 17.3. The average Bonchev–Trinajstić information content (AvgIpc) is 3.06. The molecule has 0 N–H and O–H groups in total. The molecule has 8 nitrogen and oxygen atoms in total. The monoisotopic (exact) mass is 354 g/mol. The molecule has 4 rings (SSSR count). The van der Waals surface area contributed by atoms with Gasteiger partial charge in [0, 0.05) is 13.2 Å². The first-order chi connectivity index (χ1) is 11.0. The Bertz CT molecular complexity index is 831. The van der Waals surface area contributed by atoms with Gasteiger partial charge in [0.25, 0.3) is 5.91 Å². The SMILES string of the molecule is CN1Cc2nc(/C=C3/C(=O)N4C(C(=O)[O-])=CS[C@H]34)cn2CC1=O.[Na+]. The average molecular weight is 354 g/mol. The molecular formula is C14H11N4NaO4S. The Morgan fingerprint density at radius 2 is 2.17 bits per heavy atom. The Balaban J connectivity index is 0.00000169. The van der Waals surface area contributed by atoms with E-state index in [1.54, 1.807) is 28.8 Å². The van der Waals surface area contributed by atoms with E-state index in [-0.39, 0.29) is 59.0 Å². The first-order valence-electron chi connectivity index (χ1n) is 6.88. The molecule has 3 aliphatic heterocycles. The molecule has 0 spiro atoms. The van der Waals surface area contributed by atoms with Crippen LogP contribution in [0.5, 0.6) is 0 Å². The maximum Gasteiger partial charge on any atom is 1.00 e. The summed E-state index contributed by atoms with van der Waals surface area (Å²) in [4.78, 5) is 42.0. The topological polar surface area (TPSA) is 98.6 Å². The molecule has 0 aromatic carbocycles. The zero-order chi connectivity index (χ0) is 16.3. The van der Waals surface area contributed by atoms with Gasteiger partial charge in [-0.1, -0.05) is 0 Å². The van der Waals surface area contributed by atoms with Crippen LogP contribution in [0.4, 0.5) is 0 Å². The van der Waals surface area contributed by atoms with E-state index in [0.29, 0.717) is 17.8 Å². The second kappa shape index (κ2) is 6.07. The third-order valence-electron chi connectivity index (χ3n) is 4.03. The van der Waals surface area contributed by atoms with Crippen LogP contribution in [0.3, 0.4) is 0 Å².